The number of benzene rings is 1. The highest BCUT2D eigenvalue weighted by Crippen LogP contribution is 2.32. The molecule has 0 spiro atoms. The number of rotatable bonds is 0. The molecule has 1 amide bonds. The third kappa shape index (κ3) is 2.00. The molecule has 0 fully saturated rings. The van der Waals surface area contributed by atoms with Gasteiger partial charge in [-0.15, -0.1) is 0 Å². The maximum atomic E-state index is 11.6. The van der Waals surface area contributed by atoms with Gasteiger partial charge in [0.05, 0.1) is 17.3 Å². The van der Waals surface area contributed by atoms with Gasteiger partial charge in [0.25, 0.3) is 0 Å². The van der Waals surface area contributed by atoms with Gasteiger partial charge in [0.1, 0.15) is 0 Å². The first kappa shape index (κ1) is 10.5. The molecule has 0 radical (unpaired) electrons. The fourth-order valence-electron chi connectivity index (χ4n) is 1.68. The Morgan fingerprint density at radius 3 is 2.93 bits per heavy atom. The number of hydrogen-bond donors (Lipinski definition) is 2. The molecule has 2 N–H and O–H groups in total. The number of aryl methyl sites for hydroxylation is 1. The predicted octanol–water partition coefficient (Wildman–Crippen LogP) is 2.76. The van der Waals surface area contributed by atoms with Crippen LogP contribution in [0.2, 0.25) is 0 Å². The lowest BCUT2D eigenvalue weighted by Gasteiger charge is -2.11. The molecule has 1 unspecified atom stereocenters. The highest BCUT2D eigenvalue weighted by Gasteiger charge is 2.20. The molecular weight excluding hydrogens is 256 g/mol. The smallest absolute Gasteiger partial charge is 0.229 e. The van der Waals surface area contributed by atoms with Crippen LogP contribution in [-0.2, 0) is 4.79 Å². The molecule has 0 aromatic heterocycles. The summed E-state index contributed by atoms with van der Waals surface area (Å²) >= 11 is 3.42. The maximum absolute atomic E-state index is 11.6. The Bertz CT molecular complexity index is 417. The van der Waals surface area contributed by atoms with Gasteiger partial charge in [-0.25, -0.2) is 0 Å². The van der Waals surface area contributed by atoms with Gasteiger partial charge in [0.15, 0.2) is 0 Å². The van der Waals surface area contributed by atoms with E-state index in [0.29, 0.717) is 6.54 Å². The highest BCUT2D eigenvalue weighted by atomic mass is 79.9. The van der Waals surface area contributed by atoms with E-state index in [0.717, 1.165) is 21.4 Å². The van der Waals surface area contributed by atoms with Crippen LogP contribution in [0, 0.1) is 12.8 Å². The van der Waals surface area contributed by atoms with Gasteiger partial charge in [0, 0.05) is 11.0 Å². The molecule has 1 atom stereocenters. The van der Waals surface area contributed by atoms with E-state index in [1.54, 1.807) is 0 Å². The number of carbonyl (C=O) groups is 1. The van der Waals surface area contributed by atoms with Crippen molar-refractivity contribution in [3.8, 4) is 0 Å². The van der Waals surface area contributed by atoms with Crippen molar-refractivity contribution in [2.75, 3.05) is 17.2 Å². The van der Waals surface area contributed by atoms with Crippen LogP contribution in [0.5, 0.6) is 0 Å². The molecule has 0 aliphatic carbocycles. The van der Waals surface area contributed by atoms with E-state index in [1.165, 1.54) is 0 Å². The van der Waals surface area contributed by atoms with Gasteiger partial charge in [-0.2, -0.15) is 0 Å². The lowest BCUT2D eigenvalue weighted by molar-refractivity contribution is -0.118. The Balaban J connectivity index is 2.47. The third-order valence-electron chi connectivity index (χ3n) is 2.59. The minimum Gasteiger partial charge on any atom is -0.382 e. The summed E-state index contributed by atoms with van der Waals surface area (Å²) < 4.78 is 0.982. The Morgan fingerprint density at radius 2 is 2.20 bits per heavy atom. The minimum atomic E-state index is -0.00410. The van der Waals surface area contributed by atoms with Crippen LogP contribution in [0.4, 0.5) is 11.4 Å². The molecule has 3 nitrogen and oxygen atoms in total. The highest BCUT2D eigenvalue weighted by molar-refractivity contribution is 9.10. The van der Waals surface area contributed by atoms with Crippen molar-refractivity contribution in [3.05, 3.63) is 22.2 Å². The average Bonchev–Trinajstić information content (AvgIpc) is 2.27. The Morgan fingerprint density at radius 1 is 1.47 bits per heavy atom. The average molecular weight is 269 g/mol. The van der Waals surface area contributed by atoms with Crippen LogP contribution in [0.15, 0.2) is 16.6 Å². The van der Waals surface area contributed by atoms with E-state index < -0.39 is 0 Å². The molecule has 1 heterocycles. The molecule has 15 heavy (non-hydrogen) atoms. The normalized spacial score (nSPS) is 19.9. The van der Waals surface area contributed by atoms with Crippen molar-refractivity contribution in [2.45, 2.75) is 13.8 Å². The van der Waals surface area contributed by atoms with Gasteiger partial charge in [-0.3, -0.25) is 4.79 Å². The van der Waals surface area contributed by atoms with E-state index >= 15 is 0 Å². The summed E-state index contributed by atoms with van der Waals surface area (Å²) in [5.74, 6) is 0.0642. The number of halogens is 1. The first-order valence-corrected chi connectivity index (χ1v) is 5.72. The summed E-state index contributed by atoms with van der Waals surface area (Å²) in [5.41, 5.74) is 3.01. The number of carbonyl (C=O) groups excluding carboxylic acids is 1. The van der Waals surface area contributed by atoms with Crippen molar-refractivity contribution in [3.63, 3.8) is 0 Å². The number of amides is 1. The van der Waals surface area contributed by atoms with Gasteiger partial charge < -0.3 is 10.6 Å². The van der Waals surface area contributed by atoms with Gasteiger partial charge in [-0.1, -0.05) is 22.9 Å². The van der Waals surface area contributed by atoms with Crippen LogP contribution in [-0.4, -0.2) is 12.5 Å². The molecular formula is C11H13BrN2O. The molecule has 1 aromatic rings. The molecule has 2 rings (SSSR count). The monoisotopic (exact) mass is 268 g/mol. The SMILES string of the molecule is Cc1cc(Br)cc2c1NCC(C)C(=O)N2. The van der Waals surface area contributed by atoms with Crippen LogP contribution in [0.3, 0.4) is 0 Å². The van der Waals surface area contributed by atoms with Crippen molar-refractivity contribution in [1.29, 1.82) is 0 Å². The summed E-state index contributed by atoms with van der Waals surface area (Å²) in [4.78, 5) is 11.6. The molecule has 4 heteroatoms. The van der Waals surface area contributed by atoms with Crippen LogP contribution in [0.25, 0.3) is 0 Å². The quantitative estimate of drug-likeness (QED) is 0.760. The van der Waals surface area contributed by atoms with Crippen molar-refractivity contribution in [2.24, 2.45) is 5.92 Å². The van der Waals surface area contributed by atoms with Crippen LogP contribution < -0.4 is 10.6 Å². The van der Waals surface area contributed by atoms with Gasteiger partial charge >= 0.3 is 0 Å². The zero-order chi connectivity index (χ0) is 11.0. The summed E-state index contributed by atoms with van der Waals surface area (Å²) in [7, 11) is 0. The largest absolute Gasteiger partial charge is 0.382 e. The maximum Gasteiger partial charge on any atom is 0.229 e. The second-order valence-electron chi connectivity index (χ2n) is 3.92. The Hall–Kier alpha value is -1.03. The molecule has 1 aliphatic heterocycles. The fourth-order valence-corrected chi connectivity index (χ4v) is 2.25. The second-order valence-corrected chi connectivity index (χ2v) is 4.83. The Kier molecular flexibility index (Phi) is 2.69. The summed E-state index contributed by atoms with van der Waals surface area (Å²) in [5, 5.41) is 6.22. The summed E-state index contributed by atoms with van der Waals surface area (Å²) in [6, 6.07) is 3.96. The van der Waals surface area contributed by atoms with Crippen molar-refractivity contribution >= 4 is 33.2 Å². The predicted molar refractivity (Wildman–Crippen MR) is 65.2 cm³/mol. The summed E-state index contributed by atoms with van der Waals surface area (Å²) in [6.07, 6.45) is 0. The van der Waals surface area contributed by atoms with Crippen LogP contribution in [0.1, 0.15) is 12.5 Å². The van der Waals surface area contributed by atoms with E-state index in [9.17, 15) is 4.79 Å². The number of hydrogen-bond acceptors (Lipinski definition) is 2. The minimum absolute atomic E-state index is 0.00410. The number of fused-ring (bicyclic) bond motifs is 1. The molecule has 80 valence electrons. The third-order valence-corrected chi connectivity index (χ3v) is 3.05. The first-order valence-electron chi connectivity index (χ1n) is 4.93. The summed E-state index contributed by atoms with van der Waals surface area (Å²) in [6.45, 7) is 4.62. The van der Waals surface area contributed by atoms with E-state index in [4.69, 9.17) is 0 Å². The lowest BCUT2D eigenvalue weighted by Crippen LogP contribution is -2.22. The van der Waals surface area contributed by atoms with E-state index in [-0.39, 0.29) is 11.8 Å². The molecule has 0 bridgehead atoms. The first-order chi connectivity index (χ1) is 7.08. The molecule has 0 saturated carbocycles. The van der Waals surface area contributed by atoms with Crippen molar-refractivity contribution in [1.82, 2.24) is 0 Å². The van der Waals surface area contributed by atoms with Crippen LogP contribution >= 0.6 is 15.9 Å². The fraction of sp³-hybridized carbons (Fsp3) is 0.364. The van der Waals surface area contributed by atoms with E-state index in [2.05, 4.69) is 26.6 Å². The van der Waals surface area contributed by atoms with E-state index in [1.807, 2.05) is 26.0 Å². The molecule has 1 aliphatic rings. The zero-order valence-electron chi connectivity index (χ0n) is 8.73. The number of anilines is 2. The topological polar surface area (TPSA) is 41.1 Å². The lowest BCUT2D eigenvalue weighted by atomic mass is 10.1. The molecule has 1 aromatic carbocycles. The Labute approximate surface area is 97.4 Å². The zero-order valence-corrected chi connectivity index (χ0v) is 10.3. The van der Waals surface area contributed by atoms with Gasteiger partial charge in [0.2, 0.25) is 5.91 Å². The van der Waals surface area contributed by atoms with Gasteiger partial charge in [-0.05, 0) is 24.6 Å². The standard InChI is InChI=1S/C11H13BrN2O/c1-6-3-8(12)4-9-10(6)13-5-7(2)11(15)14-9/h3-4,7,13H,5H2,1-2H3,(H,14,15). The van der Waals surface area contributed by atoms with Crippen molar-refractivity contribution < 1.29 is 4.79 Å². The number of nitrogens with one attached hydrogen (secondary N) is 2. The second kappa shape index (κ2) is 3.85. The molecule has 0 saturated heterocycles.